The molecule has 228 valence electrons. The van der Waals surface area contributed by atoms with E-state index in [1.54, 1.807) is 38.1 Å². The molecule has 1 aromatic heterocycles. The lowest BCUT2D eigenvalue weighted by atomic mass is 9.95. The van der Waals surface area contributed by atoms with Crippen LogP contribution in [0.15, 0.2) is 55.9 Å². The first-order valence-electron chi connectivity index (χ1n) is 13.4. The van der Waals surface area contributed by atoms with E-state index in [0.29, 0.717) is 45.3 Å². The second-order valence-corrected chi connectivity index (χ2v) is 12.1. The fourth-order valence-electron chi connectivity index (χ4n) is 4.48. The molecule has 0 saturated heterocycles. The van der Waals surface area contributed by atoms with Gasteiger partial charge in [0, 0.05) is 0 Å². The van der Waals surface area contributed by atoms with Gasteiger partial charge in [-0.05, 0) is 108 Å². The number of benzene rings is 2. The predicted octanol–water partition coefficient (Wildman–Crippen LogP) is 4.51. The number of hydrogen-bond acceptors (Lipinski definition) is 10. The first-order valence-corrected chi connectivity index (χ1v) is 16.1. The summed E-state index contributed by atoms with van der Waals surface area (Å²) in [6.07, 6.45) is 1.79. The summed E-state index contributed by atoms with van der Waals surface area (Å²) >= 11 is 7.00. The van der Waals surface area contributed by atoms with Gasteiger partial charge in [-0.25, -0.2) is 14.6 Å². The average molecular weight is 785 g/mol. The van der Waals surface area contributed by atoms with Gasteiger partial charge in [-0.3, -0.25) is 9.36 Å². The van der Waals surface area contributed by atoms with Crippen LogP contribution in [0.3, 0.4) is 0 Å². The summed E-state index contributed by atoms with van der Waals surface area (Å²) in [6, 6.07) is 8.03. The van der Waals surface area contributed by atoms with Gasteiger partial charge in [-0.1, -0.05) is 17.4 Å². The fourth-order valence-corrected chi connectivity index (χ4v) is 7.30. The van der Waals surface area contributed by atoms with Crippen LogP contribution in [0.5, 0.6) is 17.2 Å². The van der Waals surface area contributed by atoms with E-state index in [1.165, 1.54) is 23.0 Å². The molecule has 2 aromatic carbocycles. The van der Waals surface area contributed by atoms with Crippen LogP contribution in [-0.4, -0.2) is 50.0 Å². The van der Waals surface area contributed by atoms with Crippen LogP contribution in [0.1, 0.15) is 44.9 Å². The third-order valence-electron chi connectivity index (χ3n) is 6.28. The molecule has 1 aliphatic heterocycles. The highest BCUT2D eigenvalue weighted by atomic mass is 127. The summed E-state index contributed by atoms with van der Waals surface area (Å²) in [7, 11) is 1.27. The van der Waals surface area contributed by atoms with Crippen molar-refractivity contribution in [1.29, 1.82) is 0 Å². The number of nitrogens with zero attached hydrogens (tertiary/aromatic N) is 2. The molecule has 0 spiro atoms. The molecule has 0 saturated carbocycles. The number of thiazole rings is 1. The molecule has 1 atom stereocenters. The van der Waals surface area contributed by atoms with E-state index in [9.17, 15) is 14.4 Å². The Kier molecular flexibility index (Phi) is 11.1. The number of rotatable bonds is 11. The summed E-state index contributed by atoms with van der Waals surface area (Å²) in [4.78, 5) is 44.0. The van der Waals surface area contributed by atoms with Gasteiger partial charge in [0.2, 0.25) is 0 Å². The molecule has 0 aliphatic carbocycles. The average Bonchev–Trinajstić information content (AvgIpc) is 3.27. The zero-order valence-corrected chi connectivity index (χ0v) is 28.8. The van der Waals surface area contributed by atoms with Gasteiger partial charge < -0.3 is 23.7 Å². The smallest absolute Gasteiger partial charge is 0.343 e. The standard InChI is InChI=1S/C30H30BrIN2O8S/c1-6-39-22-14-18(9-10-21(22)42-15-24(35)38-5)26-25(29(37)41-8-3)16(4)33-30-34(26)28(36)23(43-30)13-17-11-19(31)27(40-7-2)20(32)12-17/h9-14,26H,6-8,15H2,1-5H3/b23-13-/t26-/m1/s1. The molecule has 0 bridgehead atoms. The molecule has 4 rings (SSSR count). The van der Waals surface area contributed by atoms with E-state index in [2.05, 4.69) is 48.3 Å². The molecular weight excluding hydrogens is 755 g/mol. The monoisotopic (exact) mass is 784 g/mol. The molecule has 2 heterocycles. The molecule has 0 fully saturated rings. The zero-order chi connectivity index (χ0) is 31.3. The molecular formula is C30H30BrIN2O8S. The maximum absolute atomic E-state index is 14.0. The molecule has 43 heavy (non-hydrogen) atoms. The Labute approximate surface area is 274 Å². The van der Waals surface area contributed by atoms with E-state index in [1.807, 2.05) is 26.0 Å². The number of aromatic nitrogens is 1. The van der Waals surface area contributed by atoms with Crippen LogP contribution in [0.25, 0.3) is 6.08 Å². The topological polar surface area (TPSA) is 115 Å². The Morgan fingerprint density at radius 3 is 2.47 bits per heavy atom. The largest absolute Gasteiger partial charge is 0.492 e. The molecule has 1 aliphatic rings. The van der Waals surface area contributed by atoms with E-state index >= 15 is 0 Å². The van der Waals surface area contributed by atoms with Gasteiger partial charge >= 0.3 is 11.9 Å². The van der Waals surface area contributed by atoms with E-state index in [-0.39, 0.29) is 24.3 Å². The zero-order valence-electron chi connectivity index (χ0n) is 24.2. The summed E-state index contributed by atoms with van der Waals surface area (Å²) in [5.74, 6) is 0.281. The Bertz CT molecular complexity index is 1740. The molecule has 3 aromatic rings. The summed E-state index contributed by atoms with van der Waals surface area (Å²) < 4.78 is 30.8. The van der Waals surface area contributed by atoms with Crippen molar-refractivity contribution in [2.45, 2.75) is 33.7 Å². The summed E-state index contributed by atoms with van der Waals surface area (Å²) in [5.41, 5.74) is 1.75. The minimum atomic E-state index is -0.849. The normalized spacial score (nSPS) is 14.6. The number of fused-ring (bicyclic) bond motifs is 1. The quantitative estimate of drug-likeness (QED) is 0.206. The van der Waals surface area contributed by atoms with Crippen molar-refractivity contribution in [3.63, 3.8) is 0 Å². The maximum atomic E-state index is 14.0. The molecule has 0 amide bonds. The Balaban J connectivity index is 1.89. The molecule has 10 nitrogen and oxygen atoms in total. The number of esters is 2. The maximum Gasteiger partial charge on any atom is 0.343 e. The van der Waals surface area contributed by atoms with Gasteiger partial charge in [0.15, 0.2) is 22.9 Å². The minimum Gasteiger partial charge on any atom is -0.492 e. The lowest BCUT2D eigenvalue weighted by Crippen LogP contribution is -2.40. The van der Waals surface area contributed by atoms with Crippen LogP contribution >= 0.6 is 49.9 Å². The highest BCUT2D eigenvalue weighted by Gasteiger charge is 2.34. The van der Waals surface area contributed by atoms with Gasteiger partial charge in [0.1, 0.15) is 5.75 Å². The Morgan fingerprint density at radius 2 is 1.81 bits per heavy atom. The third kappa shape index (κ3) is 7.15. The van der Waals surface area contributed by atoms with Crippen LogP contribution in [0.4, 0.5) is 0 Å². The first-order chi connectivity index (χ1) is 20.6. The minimum absolute atomic E-state index is 0.155. The second kappa shape index (κ2) is 14.5. The summed E-state index contributed by atoms with van der Waals surface area (Å²) in [5, 5.41) is 0. The number of methoxy groups -OCH3 is 1. The van der Waals surface area contributed by atoms with Gasteiger partial charge in [0.25, 0.3) is 5.56 Å². The predicted molar refractivity (Wildman–Crippen MR) is 174 cm³/mol. The lowest BCUT2D eigenvalue weighted by Gasteiger charge is -2.25. The molecule has 0 radical (unpaired) electrons. The lowest BCUT2D eigenvalue weighted by molar-refractivity contribution is -0.143. The molecule has 0 N–H and O–H groups in total. The van der Waals surface area contributed by atoms with Crippen LogP contribution in [0.2, 0.25) is 0 Å². The number of carbonyl (C=O) groups is 2. The van der Waals surface area contributed by atoms with Crippen molar-refractivity contribution in [1.82, 2.24) is 4.57 Å². The van der Waals surface area contributed by atoms with E-state index < -0.39 is 18.0 Å². The van der Waals surface area contributed by atoms with E-state index in [0.717, 1.165) is 19.4 Å². The third-order valence-corrected chi connectivity index (χ3v) is 8.65. The Morgan fingerprint density at radius 1 is 1.07 bits per heavy atom. The molecule has 0 unspecified atom stereocenters. The van der Waals surface area contributed by atoms with Crippen molar-refractivity contribution in [2.75, 3.05) is 33.5 Å². The van der Waals surface area contributed by atoms with Crippen LogP contribution < -0.4 is 29.1 Å². The van der Waals surface area contributed by atoms with Crippen LogP contribution in [-0.2, 0) is 19.1 Å². The number of ether oxygens (including phenoxy) is 5. The fraction of sp³-hybridized carbons (Fsp3) is 0.333. The van der Waals surface area contributed by atoms with Gasteiger partial charge in [-0.15, -0.1) is 0 Å². The first kappa shape index (κ1) is 32.7. The van der Waals surface area contributed by atoms with Crippen molar-refractivity contribution in [2.24, 2.45) is 4.99 Å². The number of carbonyl (C=O) groups excluding carboxylic acids is 2. The highest BCUT2D eigenvalue weighted by molar-refractivity contribution is 14.1. The van der Waals surface area contributed by atoms with Crippen molar-refractivity contribution >= 4 is 67.9 Å². The van der Waals surface area contributed by atoms with Crippen LogP contribution in [0, 0.1) is 3.57 Å². The van der Waals surface area contributed by atoms with Gasteiger partial charge in [0.05, 0.1) is 56.8 Å². The Hall–Kier alpha value is -3.17. The van der Waals surface area contributed by atoms with Crippen molar-refractivity contribution in [3.8, 4) is 17.2 Å². The number of halogens is 2. The van der Waals surface area contributed by atoms with Gasteiger partial charge in [-0.2, -0.15) is 0 Å². The van der Waals surface area contributed by atoms with Crippen molar-refractivity contribution in [3.05, 3.63) is 80.5 Å². The summed E-state index contributed by atoms with van der Waals surface area (Å²) in [6.45, 7) is 7.86. The van der Waals surface area contributed by atoms with Crippen molar-refractivity contribution < 1.29 is 33.3 Å². The number of hydrogen-bond donors (Lipinski definition) is 0. The van der Waals surface area contributed by atoms with E-state index in [4.69, 9.17) is 18.9 Å². The SMILES string of the molecule is CCOC(=O)C1=C(C)N=c2s/c(=C\c3cc(Br)c(OCC)c(I)c3)c(=O)n2[C@@H]1c1ccc(OCC(=O)OC)c(OCC)c1. The highest BCUT2D eigenvalue weighted by Crippen LogP contribution is 2.37. The molecule has 13 heteroatoms. The second-order valence-electron chi connectivity index (χ2n) is 9.05. The number of allylic oxidation sites excluding steroid dienone is 1.